The minimum Gasteiger partial charge on any atom is -0.497 e. The maximum atomic E-state index is 9.24. The van der Waals surface area contributed by atoms with Gasteiger partial charge in [0, 0.05) is 36.2 Å². The number of methoxy groups -OCH3 is 1. The molecule has 4 heteroatoms. The van der Waals surface area contributed by atoms with Crippen LogP contribution in [0.25, 0.3) is 10.9 Å². The van der Waals surface area contributed by atoms with Crippen LogP contribution < -0.4 is 4.74 Å². The number of nitrogens with one attached hydrogen (secondary N) is 1. The normalized spacial score (nSPS) is 22.2. The Kier molecular flexibility index (Phi) is 4.77. The van der Waals surface area contributed by atoms with Gasteiger partial charge < -0.3 is 9.72 Å². The van der Waals surface area contributed by atoms with Crippen LogP contribution in [0.5, 0.6) is 5.75 Å². The molecule has 0 radical (unpaired) electrons. The van der Waals surface area contributed by atoms with Gasteiger partial charge in [0.2, 0.25) is 0 Å². The standard InChI is InChI=1S/C25H27N3O/c1-29-22-8-5-20-16-28(11-10-19(20)13-22)21-6-3-18(4-7-21)24-15-27-25-9-2-17(14-26)12-23(24)25/h2,5,8-9,12-13,15,18,21,27H,3-4,6-7,10-11,16H2,1H3. The van der Waals surface area contributed by atoms with E-state index in [0.717, 1.165) is 36.3 Å². The largest absolute Gasteiger partial charge is 0.497 e. The van der Waals surface area contributed by atoms with E-state index in [-0.39, 0.29) is 0 Å². The molecule has 0 spiro atoms. The van der Waals surface area contributed by atoms with Gasteiger partial charge in [-0.3, -0.25) is 4.90 Å². The topological polar surface area (TPSA) is 52.0 Å². The van der Waals surface area contributed by atoms with Crippen LogP contribution in [0.1, 0.15) is 53.9 Å². The van der Waals surface area contributed by atoms with Gasteiger partial charge in [-0.05, 0) is 85.0 Å². The lowest BCUT2D eigenvalue weighted by atomic mass is 9.80. The number of fused-ring (bicyclic) bond motifs is 2. The number of rotatable bonds is 3. The van der Waals surface area contributed by atoms with E-state index in [4.69, 9.17) is 4.74 Å². The number of aromatic amines is 1. The van der Waals surface area contributed by atoms with Crippen LogP contribution in [0.2, 0.25) is 0 Å². The lowest BCUT2D eigenvalue weighted by Gasteiger charge is -2.39. The predicted octanol–water partition coefficient (Wildman–Crippen LogP) is 5.13. The van der Waals surface area contributed by atoms with Gasteiger partial charge in [0.25, 0.3) is 0 Å². The predicted molar refractivity (Wildman–Crippen MR) is 115 cm³/mol. The number of nitrogens with zero attached hydrogens (tertiary/aromatic N) is 2. The molecule has 1 aliphatic heterocycles. The van der Waals surface area contributed by atoms with E-state index in [1.54, 1.807) is 7.11 Å². The van der Waals surface area contributed by atoms with Crippen LogP contribution in [0, 0.1) is 11.3 Å². The van der Waals surface area contributed by atoms with Crippen LogP contribution in [0.15, 0.2) is 42.6 Å². The molecule has 1 N–H and O–H groups in total. The molecule has 2 aliphatic rings. The summed E-state index contributed by atoms with van der Waals surface area (Å²) >= 11 is 0. The molecule has 1 fully saturated rings. The molecule has 2 heterocycles. The first-order valence-electron chi connectivity index (χ1n) is 10.7. The van der Waals surface area contributed by atoms with Gasteiger partial charge in [-0.15, -0.1) is 0 Å². The van der Waals surface area contributed by atoms with E-state index in [1.165, 1.54) is 47.8 Å². The van der Waals surface area contributed by atoms with Gasteiger partial charge in [-0.2, -0.15) is 5.26 Å². The molecule has 148 valence electrons. The summed E-state index contributed by atoms with van der Waals surface area (Å²) in [4.78, 5) is 6.09. The third-order valence-electron chi connectivity index (χ3n) is 6.95. The summed E-state index contributed by atoms with van der Waals surface area (Å²) in [6.45, 7) is 2.21. The summed E-state index contributed by atoms with van der Waals surface area (Å²) in [5.74, 6) is 1.56. The first-order valence-corrected chi connectivity index (χ1v) is 10.7. The average molecular weight is 386 g/mol. The Morgan fingerprint density at radius 3 is 2.72 bits per heavy atom. The van der Waals surface area contributed by atoms with Gasteiger partial charge in [0.15, 0.2) is 0 Å². The van der Waals surface area contributed by atoms with E-state index in [1.807, 2.05) is 18.2 Å². The number of ether oxygens (including phenoxy) is 1. The average Bonchev–Trinajstić information content (AvgIpc) is 3.21. The highest BCUT2D eigenvalue weighted by molar-refractivity contribution is 5.85. The monoisotopic (exact) mass is 385 g/mol. The Morgan fingerprint density at radius 1 is 1.07 bits per heavy atom. The number of benzene rings is 2. The molecule has 3 aromatic rings. The molecule has 0 unspecified atom stereocenters. The summed E-state index contributed by atoms with van der Waals surface area (Å²) in [7, 11) is 1.74. The van der Waals surface area contributed by atoms with Crippen molar-refractivity contribution in [3.8, 4) is 11.8 Å². The Labute approximate surface area is 172 Å². The molecule has 29 heavy (non-hydrogen) atoms. The first kappa shape index (κ1) is 18.3. The molecular weight excluding hydrogens is 358 g/mol. The van der Waals surface area contributed by atoms with Crippen LogP contribution in [-0.4, -0.2) is 29.6 Å². The second-order valence-electron chi connectivity index (χ2n) is 8.48. The Bertz CT molecular complexity index is 1070. The van der Waals surface area contributed by atoms with Crippen molar-refractivity contribution in [2.24, 2.45) is 0 Å². The van der Waals surface area contributed by atoms with Gasteiger partial charge in [0.1, 0.15) is 5.75 Å². The second-order valence-corrected chi connectivity index (χ2v) is 8.48. The van der Waals surface area contributed by atoms with Crippen molar-refractivity contribution >= 4 is 10.9 Å². The molecule has 0 saturated heterocycles. The fraction of sp³-hybridized carbons (Fsp3) is 0.400. The van der Waals surface area contributed by atoms with Crippen molar-refractivity contribution in [1.82, 2.24) is 9.88 Å². The summed E-state index contributed by atoms with van der Waals surface area (Å²) in [5, 5.41) is 10.5. The fourth-order valence-corrected chi connectivity index (χ4v) is 5.29. The van der Waals surface area contributed by atoms with Gasteiger partial charge >= 0.3 is 0 Å². The highest BCUT2D eigenvalue weighted by atomic mass is 16.5. The maximum Gasteiger partial charge on any atom is 0.119 e. The SMILES string of the molecule is COc1ccc2c(c1)CCN(C1CCC(c3c[nH]c4ccc(C#N)cc34)CC1)C2. The van der Waals surface area contributed by atoms with Crippen molar-refractivity contribution in [1.29, 1.82) is 5.26 Å². The number of aromatic nitrogens is 1. The first-order chi connectivity index (χ1) is 14.2. The minimum atomic E-state index is 0.593. The van der Waals surface area contributed by atoms with Crippen molar-refractivity contribution in [2.45, 2.75) is 50.6 Å². The Hall–Kier alpha value is -2.77. The van der Waals surface area contributed by atoms with Gasteiger partial charge in [-0.25, -0.2) is 0 Å². The number of hydrogen-bond donors (Lipinski definition) is 1. The molecule has 4 nitrogen and oxygen atoms in total. The van der Waals surface area contributed by atoms with E-state index in [9.17, 15) is 5.26 Å². The van der Waals surface area contributed by atoms with Crippen LogP contribution >= 0.6 is 0 Å². The van der Waals surface area contributed by atoms with Crippen molar-refractivity contribution in [3.05, 3.63) is 64.8 Å². The van der Waals surface area contributed by atoms with Gasteiger partial charge in [-0.1, -0.05) is 6.07 Å². The zero-order valence-electron chi connectivity index (χ0n) is 16.9. The highest BCUT2D eigenvalue weighted by Gasteiger charge is 2.29. The van der Waals surface area contributed by atoms with Crippen molar-refractivity contribution < 1.29 is 4.74 Å². The van der Waals surface area contributed by atoms with Crippen LogP contribution in [0.3, 0.4) is 0 Å². The van der Waals surface area contributed by atoms with E-state index >= 15 is 0 Å². The summed E-state index contributed by atoms with van der Waals surface area (Å²) in [6, 6.07) is 15.5. The van der Waals surface area contributed by atoms with Gasteiger partial charge in [0.05, 0.1) is 18.7 Å². The number of hydrogen-bond acceptors (Lipinski definition) is 3. The number of H-pyrrole nitrogens is 1. The fourth-order valence-electron chi connectivity index (χ4n) is 5.29. The Morgan fingerprint density at radius 2 is 1.93 bits per heavy atom. The quantitative estimate of drug-likeness (QED) is 0.680. The maximum absolute atomic E-state index is 9.24. The second kappa shape index (κ2) is 7.57. The smallest absolute Gasteiger partial charge is 0.119 e. The molecule has 5 rings (SSSR count). The molecule has 0 bridgehead atoms. The third kappa shape index (κ3) is 3.41. The van der Waals surface area contributed by atoms with Crippen molar-refractivity contribution in [3.63, 3.8) is 0 Å². The molecular formula is C25H27N3O. The molecule has 2 aromatic carbocycles. The van der Waals surface area contributed by atoms with E-state index in [2.05, 4.69) is 40.3 Å². The summed E-state index contributed by atoms with van der Waals surface area (Å²) < 4.78 is 5.38. The molecule has 1 aromatic heterocycles. The van der Waals surface area contributed by atoms with E-state index in [0.29, 0.717) is 12.0 Å². The molecule has 1 aliphatic carbocycles. The molecule has 1 saturated carbocycles. The zero-order chi connectivity index (χ0) is 19.8. The van der Waals surface area contributed by atoms with Crippen LogP contribution in [0.4, 0.5) is 0 Å². The lowest BCUT2D eigenvalue weighted by Crippen LogP contribution is -2.41. The van der Waals surface area contributed by atoms with E-state index < -0.39 is 0 Å². The minimum absolute atomic E-state index is 0.593. The van der Waals surface area contributed by atoms with Crippen molar-refractivity contribution in [2.75, 3.05) is 13.7 Å². The summed E-state index contributed by atoms with van der Waals surface area (Å²) in [6.07, 6.45) is 8.23. The third-order valence-corrected chi connectivity index (χ3v) is 6.95. The Balaban J connectivity index is 1.27. The summed E-state index contributed by atoms with van der Waals surface area (Å²) in [5.41, 5.74) is 6.19. The number of nitriles is 1. The zero-order valence-corrected chi connectivity index (χ0v) is 16.9. The highest BCUT2D eigenvalue weighted by Crippen LogP contribution is 2.39. The molecule has 0 atom stereocenters. The van der Waals surface area contributed by atoms with Crippen LogP contribution in [-0.2, 0) is 13.0 Å². The lowest BCUT2D eigenvalue weighted by molar-refractivity contribution is 0.135. The molecule has 0 amide bonds.